The summed E-state index contributed by atoms with van der Waals surface area (Å²) in [5.74, 6) is 0.0392. The highest BCUT2D eigenvalue weighted by Crippen LogP contribution is 2.17. The first-order chi connectivity index (χ1) is 9.03. The van der Waals surface area contributed by atoms with Gasteiger partial charge in [0.1, 0.15) is 0 Å². The monoisotopic (exact) mass is 278 g/mol. The SMILES string of the molecule is Cc1ccc(S(=O)(=O)Nc2ncccn2)cc1CN. The van der Waals surface area contributed by atoms with E-state index in [4.69, 9.17) is 5.73 Å². The average molecular weight is 278 g/mol. The number of nitrogens with zero attached hydrogens (tertiary/aromatic N) is 2. The first kappa shape index (κ1) is 13.4. The first-order valence-electron chi connectivity index (χ1n) is 5.62. The van der Waals surface area contributed by atoms with Crippen molar-refractivity contribution in [3.05, 3.63) is 47.8 Å². The van der Waals surface area contributed by atoms with Crippen LogP contribution in [0.2, 0.25) is 0 Å². The van der Waals surface area contributed by atoms with Gasteiger partial charge >= 0.3 is 0 Å². The summed E-state index contributed by atoms with van der Waals surface area (Å²) < 4.78 is 26.6. The van der Waals surface area contributed by atoms with Gasteiger partial charge in [-0.2, -0.15) is 0 Å². The van der Waals surface area contributed by atoms with Crippen molar-refractivity contribution in [2.45, 2.75) is 18.4 Å². The van der Waals surface area contributed by atoms with E-state index in [9.17, 15) is 8.42 Å². The number of nitrogens with one attached hydrogen (secondary N) is 1. The van der Waals surface area contributed by atoms with Crippen LogP contribution in [0.1, 0.15) is 11.1 Å². The maximum absolute atomic E-state index is 12.1. The van der Waals surface area contributed by atoms with Gasteiger partial charge in [0.25, 0.3) is 10.0 Å². The predicted molar refractivity (Wildman–Crippen MR) is 71.9 cm³/mol. The van der Waals surface area contributed by atoms with Crippen molar-refractivity contribution < 1.29 is 8.42 Å². The summed E-state index contributed by atoms with van der Waals surface area (Å²) in [6.07, 6.45) is 2.93. The standard InChI is InChI=1S/C12H14N4O2S/c1-9-3-4-11(7-10(9)8-13)19(17,18)16-12-14-5-2-6-15-12/h2-7H,8,13H2,1H3,(H,14,15,16). The highest BCUT2D eigenvalue weighted by Gasteiger charge is 2.16. The molecule has 100 valence electrons. The molecular weight excluding hydrogens is 264 g/mol. The molecule has 0 aliphatic carbocycles. The van der Waals surface area contributed by atoms with E-state index >= 15 is 0 Å². The third kappa shape index (κ3) is 3.07. The third-order valence-corrected chi connectivity index (χ3v) is 3.97. The van der Waals surface area contributed by atoms with Gasteiger partial charge < -0.3 is 5.73 Å². The van der Waals surface area contributed by atoms with E-state index in [1.165, 1.54) is 18.5 Å². The van der Waals surface area contributed by atoms with Crippen LogP contribution in [0.25, 0.3) is 0 Å². The number of sulfonamides is 1. The van der Waals surface area contributed by atoms with Crippen molar-refractivity contribution in [1.29, 1.82) is 0 Å². The number of nitrogens with two attached hydrogens (primary N) is 1. The Morgan fingerprint density at radius 1 is 1.26 bits per heavy atom. The van der Waals surface area contributed by atoms with Crippen LogP contribution >= 0.6 is 0 Å². The molecule has 0 atom stereocenters. The van der Waals surface area contributed by atoms with Gasteiger partial charge in [-0.1, -0.05) is 6.07 Å². The summed E-state index contributed by atoms with van der Waals surface area (Å²) >= 11 is 0. The van der Waals surface area contributed by atoms with Gasteiger partial charge in [-0.05, 0) is 36.2 Å². The van der Waals surface area contributed by atoms with Crippen molar-refractivity contribution in [3.63, 3.8) is 0 Å². The van der Waals surface area contributed by atoms with Crippen molar-refractivity contribution >= 4 is 16.0 Å². The molecule has 0 radical (unpaired) electrons. The number of rotatable bonds is 4. The number of benzene rings is 1. The van der Waals surface area contributed by atoms with Gasteiger partial charge in [0.15, 0.2) is 0 Å². The smallest absolute Gasteiger partial charge is 0.264 e. The third-order valence-electron chi connectivity index (χ3n) is 2.64. The summed E-state index contributed by atoms with van der Waals surface area (Å²) in [7, 11) is -3.69. The highest BCUT2D eigenvalue weighted by atomic mass is 32.2. The molecule has 0 bridgehead atoms. The fourth-order valence-corrected chi connectivity index (χ4v) is 2.57. The number of aromatic nitrogens is 2. The van der Waals surface area contributed by atoms with Gasteiger partial charge in [-0.3, -0.25) is 0 Å². The van der Waals surface area contributed by atoms with Crippen molar-refractivity contribution in [2.75, 3.05) is 4.72 Å². The van der Waals surface area contributed by atoms with Crippen molar-refractivity contribution in [1.82, 2.24) is 9.97 Å². The van der Waals surface area contributed by atoms with E-state index in [1.54, 1.807) is 18.2 Å². The van der Waals surface area contributed by atoms with Crippen LogP contribution in [-0.4, -0.2) is 18.4 Å². The zero-order valence-electron chi connectivity index (χ0n) is 10.4. The topological polar surface area (TPSA) is 98.0 Å². The molecular formula is C12H14N4O2S. The Hall–Kier alpha value is -1.99. The quantitative estimate of drug-likeness (QED) is 0.871. The van der Waals surface area contributed by atoms with Crippen molar-refractivity contribution in [2.24, 2.45) is 5.73 Å². The predicted octanol–water partition coefficient (Wildman–Crippen LogP) is 1.04. The number of hydrogen-bond donors (Lipinski definition) is 2. The molecule has 1 aromatic heterocycles. The molecule has 1 heterocycles. The molecule has 0 aliphatic heterocycles. The zero-order valence-corrected chi connectivity index (χ0v) is 11.2. The molecule has 7 heteroatoms. The van der Waals surface area contributed by atoms with E-state index in [-0.39, 0.29) is 17.4 Å². The summed E-state index contributed by atoms with van der Waals surface area (Å²) in [5.41, 5.74) is 7.32. The lowest BCUT2D eigenvalue weighted by molar-refractivity contribution is 0.600. The minimum absolute atomic E-state index is 0.0392. The van der Waals surface area contributed by atoms with Crippen LogP contribution < -0.4 is 10.5 Å². The zero-order chi connectivity index (χ0) is 13.9. The fourth-order valence-electron chi connectivity index (χ4n) is 1.57. The Kier molecular flexibility index (Phi) is 3.77. The van der Waals surface area contributed by atoms with Gasteiger partial charge in [0.05, 0.1) is 4.90 Å². The molecule has 0 amide bonds. The molecule has 6 nitrogen and oxygen atoms in total. The van der Waals surface area contributed by atoms with Crippen LogP contribution in [0.4, 0.5) is 5.95 Å². The summed E-state index contributed by atoms with van der Waals surface area (Å²) in [6, 6.07) is 6.42. The second-order valence-electron chi connectivity index (χ2n) is 3.97. The lowest BCUT2D eigenvalue weighted by Crippen LogP contribution is -2.15. The maximum Gasteiger partial charge on any atom is 0.264 e. The van der Waals surface area contributed by atoms with Gasteiger partial charge in [0.2, 0.25) is 5.95 Å². The van der Waals surface area contributed by atoms with E-state index < -0.39 is 10.0 Å². The minimum Gasteiger partial charge on any atom is -0.326 e. The summed E-state index contributed by atoms with van der Waals surface area (Å²) in [6.45, 7) is 2.17. The molecule has 0 unspecified atom stereocenters. The van der Waals surface area contributed by atoms with Gasteiger partial charge in [-0.15, -0.1) is 0 Å². The molecule has 0 spiro atoms. The Labute approximate surface area is 111 Å². The summed E-state index contributed by atoms with van der Waals surface area (Å²) in [4.78, 5) is 7.79. The highest BCUT2D eigenvalue weighted by molar-refractivity contribution is 7.92. The largest absolute Gasteiger partial charge is 0.326 e. The molecule has 0 aliphatic rings. The van der Waals surface area contributed by atoms with Gasteiger partial charge in [0, 0.05) is 18.9 Å². The second-order valence-corrected chi connectivity index (χ2v) is 5.65. The van der Waals surface area contributed by atoms with Gasteiger partial charge in [-0.25, -0.2) is 23.1 Å². The average Bonchev–Trinajstić information content (AvgIpc) is 2.39. The first-order valence-corrected chi connectivity index (χ1v) is 7.10. The molecule has 1 aromatic carbocycles. The molecule has 0 saturated carbocycles. The lowest BCUT2D eigenvalue weighted by Gasteiger charge is -2.09. The molecule has 0 fully saturated rings. The number of anilines is 1. The molecule has 3 N–H and O–H groups in total. The van der Waals surface area contributed by atoms with E-state index in [0.29, 0.717) is 0 Å². The van der Waals surface area contributed by atoms with Crippen molar-refractivity contribution in [3.8, 4) is 0 Å². The molecule has 19 heavy (non-hydrogen) atoms. The normalized spacial score (nSPS) is 11.3. The molecule has 0 saturated heterocycles. The maximum atomic E-state index is 12.1. The Balaban J connectivity index is 2.35. The van der Waals surface area contributed by atoms with Crippen LogP contribution in [0.5, 0.6) is 0 Å². The van der Waals surface area contributed by atoms with Crippen LogP contribution in [0.15, 0.2) is 41.6 Å². The number of hydrogen-bond acceptors (Lipinski definition) is 5. The number of aryl methyl sites for hydroxylation is 1. The second kappa shape index (κ2) is 5.33. The van der Waals surface area contributed by atoms with E-state index in [0.717, 1.165) is 11.1 Å². The van der Waals surface area contributed by atoms with E-state index in [2.05, 4.69) is 14.7 Å². The summed E-state index contributed by atoms with van der Waals surface area (Å²) in [5, 5.41) is 0. The van der Waals surface area contributed by atoms with Crippen LogP contribution in [0.3, 0.4) is 0 Å². The van der Waals surface area contributed by atoms with E-state index in [1.807, 2.05) is 6.92 Å². The van der Waals surface area contributed by atoms with Crippen LogP contribution in [-0.2, 0) is 16.6 Å². The fraction of sp³-hybridized carbons (Fsp3) is 0.167. The van der Waals surface area contributed by atoms with Crippen LogP contribution in [0, 0.1) is 6.92 Å². The Morgan fingerprint density at radius 2 is 1.95 bits per heavy atom. The molecule has 2 aromatic rings. The molecule has 2 rings (SSSR count). The minimum atomic E-state index is -3.69. The Bertz CT molecular complexity index is 671. The lowest BCUT2D eigenvalue weighted by atomic mass is 10.1. The Morgan fingerprint density at radius 3 is 2.58 bits per heavy atom.